The normalized spacial score (nSPS) is 10.6. The fourth-order valence-electron chi connectivity index (χ4n) is 2.42. The van der Waals surface area contributed by atoms with Crippen molar-refractivity contribution in [3.05, 3.63) is 95.1 Å². The number of azo groups is 1. The van der Waals surface area contributed by atoms with Gasteiger partial charge in [0.1, 0.15) is 0 Å². The molecule has 1 amide bonds. The molecule has 0 saturated heterocycles. The zero-order valence-electron chi connectivity index (χ0n) is 15.5. The largest absolute Gasteiger partial charge is 0.363 e. The van der Waals surface area contributed by atoms with Crippen LogP contribution in [0.1, 0.15) is 31.8 Å². The molecule has 0 aromatic heterocycles. The summed E-state index contributed by atoms with van der Waals surface area (Å²) < 4.78 is 0. The topological polar surface area (TPSA) is 80.1 Å². The average Bonchev–Trinajstić information content (AvgIpc) is 2.72. The van der Waals surface area contributed by atoms with Crippen LogP contribution in [0.2, 0.25) is 0 Å². The predicted molar refractivity (Wildman–Crippen MR) is 107 cm³/mol. The van der Waals surface area contributed by atoms with E-state index >= 15 is 0 Å². The van der Waals surface area contributed by atoms with Crippen molar-refractivity contribution in [3.8, 4) is 0 Å². The Morgan fingerprint density at radius 1 is 0.857 bits per heavy atom. The fraction of sp³-hybridized carbons (Fsp3) is 0.0909. The van der Waals surface area contributed by atoms with Crippen LogP contribution in [-0.4, -0.2) is 11.9 Å². The SMILES string of the molecule is Cc1ccc(C(=O)N=Nc2ccc(NOC(=O)c3ccccc3C)cc2)cc1. The molecular formula is C22H19N3O3. The van der Waals surface area contributed by atoms with Gasteiger partial charge in [-0.2, -0.15) is 0 Å². The van der Waals surface area contributed by atoms with Gasteiger partial charge < -0.3 is 4.84 Å². The Kier molecular flexibility index (Phi) is 5.91. The van der Waals surface area contributed by atoms with Crippen LogP contribution in [0.5, 0.6) is 0 Å². The van der Waals surface area contributed by atoms with E-state index in [1.807, 2.05) is 38.1 Å². The molecule has 0 bridgehead atoms. The lowest BCUT2D eigenvalue weighted by molar-refractivity contribution is 0.0595. The number of hydrogen-bond donors (Lipinski definition) is 1. The standard InChI is InChI=1S/C22H19N3O3/c1-15-7-9-17(10-8-15)21(26)24-23-18-11-13-19(14-12-18)25-28-22(27)20-6-4-3-5-16(20)2/h3-14,25H,1-2H3. The van der Waals surface area contributed by atoms with Gasteiger partial charge in [0.2, 0.25) is 0 Å². The number of carbonyl (C=O) groups is 2. The molecule has 140 valence electrons. The summed E-state index contributed by atoms with van der Waals surface area (Å²) >= 11 is 0. The minimum atomic E-state index is -0.467. The lowest BCUT2D eigenvalue weighted by Gasteiger charge is -2.08. The summed E-state index contributed by atoms with van der Waals surface area (Å²) in [5.41, 5.74) is 6.57. The van der Waals surface area contributed by atoms with E-state index in [0.29, 0.717) is 22.5 Å². The van der Waals surface area contributed by atoms with Crippen LogP contribution in [0, 0.1) is 13.8 Å². The van der Waals surface area contributed by atoms with Gasteiger partial charge in [-0.3, -0.25) is 4.79 Å². The zero-order valence-corrected chi connectivity index (χ0v) is 15.5. The van der Waals surface area contributed by atoms with Gasteiger partial charge in [0, 0.05) is 5.56 Å². The first-order chi connectivity index (χ1) is 13.5. The van der Waals surface area contributed by atoms with Crippen LogP contribution in [0.4, 0.5) is 11.4 Å². The molecule has 1 N–H and O–H groups in total. The summed E-state index contributed by atoms with van der Waals surface area (Å²) in [4.78, 5) is 29.2. The summed E-state index contributed by atoms with van der Waals surface area (Å²) in [5, 5.41) is 7.67. The van der Waals surface area contributed by atoms with Crippen molar-refractivity contribution in [2.24, 2.45) is 10.2 Å². The summed E-state index contributed by atoms with van der Waals surface area (Å²) in [5.74, 6) is -0.875. The molecule has 3 aromatic rings. The third-order valence-corrected chi connectivity index (χ3v) is 4.05. The van der Waals surface area contributed by atoms with E-state index in [2.05, 4.69) is 15.7 Å². The van der Waals surface area contributed by atoms with Gasteiger partial charge in [-0.25, -0.2) is 10.3 Å². The molecule has 0 aliphatic rings. The van der Waals surface area contributed by atoms with Gasteiger partial charge >= 0.3 is 5.97 Å². The molecule has 6 nitrogen and oxygen atoms in total. The minimum absolute atomic E-state index is 0.408. The zero-order chi connectivity index (χ0) is 19.9. The van der Waals surface area contributed by atoms with Crippen LogP contribution in [0.25, 0.3) is 0 Å². The maximum atomic E-state index is 12.1. The molecule has 28 heavy (non-hydrogen) atoms. The number of amides is 1. The van der Waals surface area contributed by atoms with E-state index in [1.54, 1.807) is 48.5 Å². The number of rotatable bonds is 5. The molecule has 0 aliphatic heterocycles. The highest BCUT2D eigenvalue weighted by Crippen LogP contribution is 2.18. The van der Waals surface area contributed by atoms with E-state index in [1.165, 1.54) is 0 Å². The third-order valence-electron chi connectivity index (χ3n) is 4.05. The van der Waals surface area contributed by atoms with Crippen molar-refractivity contribution in [3.63, 3.8) is 0 Å². The second-order valence-electron chi connectivity index (χ2n) is 6.22. The van der Waals surface area contributed by atoms with Crippen LogP contribution in [0.15, 0.2) is 83.0 Å². The molecule has 3 aromatic carbocycles. The highest BCUT2D eigenvalue weighted by atomic mass is 16.7. The number of carbonyl (C=O) groups excluding carboxylic acids is 2. The second kappa shape index (κ2) is 8.73. The third kappa shape index (κ3) is 4.88. The fourth-order valence-corrected chi connectivity index (χ4v) is 2.42. The van der Waals surface area contributed by atoms with Crippen LogP contribution >= 0.6 is 0 Å². The molecule has 0 aliphatic carbocycles. The van der Waals surface area contributed by atoms with E-state index < -0.39 is 11.9 Å². The van der Waals surface area contributed by atoms with Gasteiger partial charge in [-0.15, -0.1) is 10.2 Å². The second-order valence-corrected chi connectivity index (χ2v) is 6.22. The summed E-state index contributed by atoms with van der Waals surface area (Å²) in [6.45, 7) is 3.79. The number of nitrogens with zero attached hydrogens (tertiary/aromatic N) is 2. The van der Waals surface area contributed by atoms with Crippen molar-refractivity contribution >= 4 is 23.3 Å². The van der Waals surface area contributed by atoms with Gasteiger partial charge in [0.05, 0.1) is 16.9 Å². The Morgan fingerprint density at radius 2 is 1.54 bits per heavy atom. The van der Waals surface area contributed by atoms with Crippen LogP contribution < -0.4 is 5.48 Å². The molecule has 3 rings (SSSR count). The number of nitrogens with one attached hydrogen (secondary N) is 1. The molecular weight excluding hydrogens is 354 g/mol. The van der Waals surface area contributed by atoms with Gasteiger partial charge in [-0.1, -0.05) is 35.9 Å². The van der Waals surface area contributed by atoms with Crippen LogP contribution in [0.3, 0.4) is 0 Å². The van der Waals surface area contributed by atoms with Gasteiger partial charge in [0.25, 0.3) is 5.91 Å². The van der Waals surface area contributed by atoms with E-state index in [4.69, 9.17) is 4.84 Å². The molecule has 6 heteroatoms. The predicted octanol–water partition coefficient (Wildman–Crippen LogP) is 5.41. The van der Waals surface area contributed by atoms with Crippen molar-refractivity contribution in [2.75, 3.05) is 5.48 Å². The molecule has 0 unspecified atom stereocenters. The quantitative estimate of drug-likeness (QED) is 0.479. The monoisotopic (exact) mass is 373 g/mol. The van der Waals surface area contributed by atoms with E-state index in [9.17, 15) is 9.59 Å². The smallest absolute Gasteiger partial charge is 0.338 e. The van der Waals surface area contributed by atoms with Crippen molar-refractivity contribution in [1.82, 2.24) is 0 Å². The lowest BCUT2D eigenvalue weighted by atomic mass is 10.1. The molecule has 0 heterocycles. The molecule has 0 saturated carbocycles. The van der Waals surface area contributed by atoms with Crippen molar-refractivity contribution in [2.45, 2.75) is 13.8 Å². The first-order valence-electron chi connectivity index (χ1n) is 8.68. The number of aryl methyl sites for hydroxylation is 2. The van der Waals surface area contributed by atoms with E-state index in [0.717, 1.165) is 11.1 Å². The first kappa shape index (κ1) is 19.0. The number of hydrogen-bond acceptors (Lipinski definition) is 5. The summed E-state index contributed by atoms with van der Waals surface area (Å²) in [6, 6.07) is 21.0. The lowest BCUT2D eigenvalue weighted by Crippen LogP contribution is -2.11. The molecule has 0 spiro atoms. The number of benzene rings is 3. The molecule has 0 radical (unpaired) electrons. The summed E-state index contributed by atoms with van der Waals surface area (Å²) in [7, 11) is 0. The maximum absolute atomic E-state index is 12.1. The van der Waals surface area contributed by atoms with Crippen molar-refractivity contribution < 1.29 is 14.4 Å². The molecule has 0 atom stereocenters. The first-order valence-corrected chi connectivity index (χ1v) is 8.68. The Labute approximate surface area is 162 Å². The Bertz CT molecular complexity index is 1010. The average molecular weight is 373 g/mol. The van der Waals surface area contributed by atoms with Gasteiger partial charge in [0.15, 0.2) is 0 Å². The molecule has 0 fully saturated rings. The van der Waals surface area contributed by atoms with Gasteiger partial charge in [-0.05, 0) is 61.9 Å². The summed E-state index contributed by atoms with van der Waals surface area (Å²) in [6.07, 6.45) is 0. The highest BCUT2D eigenvalue weighted by Gasteiger charge is 2.10. The highest BCUT2D eigenvalue weighted by molar-refractivity contribution is 5.94. The van der Waals surface area contributed by atoms with Crippen LogP contribution in [-0.2, 0) is 4.84 Å². The number of anilines is 1. The Morgan fingerprint density at radius 3 is 2.21 bits per heavy atom. The maximum Gasteiger partial charge on any atom is 0.363 e. The van der Waals surface area contributed by atoms with E-state index in [-0.39, 0.29) is 0 Å². The Balaban J connectivity index is 1.57. The minimum Gasteiger partial charge on any atom is -0.338 e. The Hall–Kier alpha value is -3.80. The van der Waals surface area contributed by atoms with Crippen molar-refractivity contribution in [1.29, 1.82) is 0 Å².